The van der Waals surface area contributed by atoms with Gasteiger partial charge in [-0.25, -0.2) is 8.42 Å². The molecule has 0 bridgehead atoms. The number of sulfonamides is 1. The van der Waals surface area contributed by atoms with E-state index in [-0.39, 0.29) is 16.3 Å². The van der Waals surface area contributed by atoms with Crippen molar-refractivity contribution in [3.05, 3.63) is 11.5 Å². The monoisotopic (exact) mass is 344 g/mol. The summed E-state index contributed by atoms with van der Waals surface area (Å²) in [7, 11) is -2.63. The zero-order valence-electron chi connectivity index (χ0n) is 13.8. The van der Waals surface area contributed by atoms with E-state index < -0.39 is 22.0 Å². The summed E-state index contributed by atoms with van der Waals surface area (Å²) in [4.78, 5) is 12.0. The molecule has 1 aromatic heterocycles. The summed E-state index contributed by atoms with van der Waals surface area (Å²) in [6, 6.07) is -0.887. The van der Waals surface area contributed by atoms with E-state index in [4.69, 9.17) is 9.26 Å². The van der Waals surface area contributed by atoms with Crippen LogP contribution in [0.25, 0.3) is 0 Å². The molecule has 0 spiro atoms. The van der Waals surface area contributed by atoms with Gasteiger partial charge >= 0.3 is 5.97 Å². The molecule has 1 aromatic rings. The Hall–Kier alpha value is -1.41. The molecule has 1 unspecified atom stereocenters. The van der Waals surface area contributed by atoms with Gasteiger partial charge in [-0.2, -0.15) is 4.72 Å². The van der Waals surface area contributed by atoms with Crippen molar-refractivity contribution in [2.75, 3.05) is 7.11 Å². The zero-order valence-corrected chi connectivity index (χ0v) is 14.6. The highest BCUT2D eigenvalue weighted by atomic mass is 32.2. The lowest BCUT2D eigenvalue weighted by molar-refractivity contribution is -0.143. The number of hydrogen-bond acceptors (Lipinski definition) is 6. The fourth-order valence-corrected chi connectivity index (χ4v) is 4.72. The van der Waals surface area contributed by atoms with Crippen LogP contribution in [0.3, 0.4) is 0 Å². The molecule has 7 nitrogen and oxygen atoms in total. The largest absolute Gasteiger partial charge is 0.468 e. The summed E-state index contributed by atoms with van der Waals surface area (Å²) >= 11 is 0. The number of carbonyl (C=O) groups excluding carboxylic acids is 1. The minimum absolute atomic E-state index is 0.00459. The summed E-state index contributed by atoms with van der Waals surface area (Å²) in [6.07, 6.45) is 5.92. The summed E-state index contributed by atoms with van der Waals surface area (Å²) < 4.78 is 37.3. The first-order chi connectivity index (χ1) is 10.8. The number of rotatable bonds is 6. The van der Waals surface area contributed by atoms with Crippen LogP contribution in [0.4, 0.5) is 0 Å². The van der Waals surface area contributed by atoms with Gasteiger partial charge in [0.25, 0.3) is 0 Å². The Morgan fingerprint density at radius 1 is 1.35 bits per heavy atom. The number of esters is 1. The standard InChI is InChI=1S/C15H24N2O5S/c1-10-14(11(2)22-16-10)23(19,20)17-13(15(18)21-3)9-12-7-5-4-6-8-12/h12-13,17H,4-9H2,1-3H3. The van der Waals surface area contributed by atoms with Gasteiger partial charge in [0.15, 0.2) is 5.76 Å². The molecule has 8 heteroatoms. The maximum absolute atomic E-state index is 12.6. The topological polar surface area (TPSA) is 98.5 Å². The molecule has 1 N–H and O–H groups in total. The quantitative estimate of drug-likeness (QED) is 0.793. The summed E-state index contributed by atoms with van der Waals surface area (Å²) in [5.41, 5.74) is 0.274. The number of hydrogen-bond donors (Lipinski definition) is 1. The molecule has 1 aliphatic carbocycles. The fraction of sp³-hybridized carbons (Fsp3) is 0.733. The first kappa shape index (κ1) is 17.9. The van der Waals surface area contributed by atoms with Gasteiger partial charge in [-0.15, -0.1) is 0 Å². The highest BCUT2D eigenvalue weighted by molar-refractivity contribution is 7.89. The van der Waals surface area contributed by atoms with Gasteiger partial charge in [0.2, 0.25) is 10.0 Å². The van der Waals surface area contributed by atoms with E-state index in [1.807, 2.05) is 0 Å². The van der Waals surface area contributed by atoms with Gasteiger partial charge < -0.3 is 9.26 Å². The lowest BCUT2D eigenvalue weighted by Crippen LogP contribution is -2.43. The Balaban J connectivity index is 2.18. The molecule has 0 aromatic carbocycles. The molecule has 0 aliphatic heterocycles. The van der Waals surface area contributed by atoms with Gasteiger partial charge in [-0.1, -0.05) is 37.3 Å². The second kappa shape index (κ2) is 7.44. The second-order valence-electron chi connectivity index (χ2n) is 6.09. The van der Waals surface area contributed by atoms with Crippen LogP contribution in [0.2, 0.25) is 0 Å². The van der Waals surface area contributed by atoms with Gasteiger partial charge in [-0.05, 0) is 26.2 Å². The van der Waals surface area contributed by atoms with Crippen molar-refractivity contribution in [3.8, 4) is 0 Å². The minimum Gasteiger partial charge on any atom is -0.468 e. The molecule has 130 valence electrons. The average Bonchev–Trinajstić information content (AvgIpc) is 2.86. The molecule has 1 aliphatic rings. The first-order valence-electron chi connectivity index (χ1n) is 7.88. The summed E-state index contributed by atoms with van der Waals surface area (Å²) in [6.45, 7) is 3.09. The van der Waals surface area contributed by atoms with Gasteiger partial charge in [0, 0.05) is 0 Å². The van der Waals surface area contributed by atoms with Gasteiger partial charge in [0.05, 0.1) is 7.11 Å². The smallest absolute Gasteiger partial charge is 0.323 e. The predicted octanol–water partition coefficient (Wildman–Crippen LogP) is 2.08. The van der Waals surface area contributed by atoms with Crippen LogP contribution in [-0.2, 0) is 19.6 Å². The van der Waals surface area contributed by atoms with Crippen LogP contribution >= 0.6 is 0 Å². The number of ether oxygens (including phenoxy) is 1. The lowest BCUT2D eigenvalue weighted by atomic mass is 9.85. The molecule has 0 radical (unpaired) electrons. The SMILES string of the molecule is COC(=O)C(CC1CCCCC1)NS(=O)(=O)c1c(C)noc1C. The van der Waals surface area contributed by atoms with E-state index in [1.54, 1.807) is 6.92 Å². The Morgan fingerprint density at radius 2 is 2.00 bits per heavy atom. The van der Waals surface area contributed by atoms with Crippen molar-refractivity contribution < 1.29 is 22.5 Å². The zero-order chi connectivity index (χ0) is 17.0. The average molecular weight is 344 g/mol. The normalized spacial score (nSPS) is 17.9. The molecule has 2 rings (SSSR count). The molecule has 1 heterocycles. The first-order valence-corrected chi connectivity index (χ1v) is 9.36. The van der Waals surface area contributed by atoms with Crippen LogP contribution in [0.1, 0.15) is 50.0 Å². The summed E-state index contributed by atoms with van der Waals surface area (Å²) in [5, 5.41) is 3.66. The Morgan fingerprint density at radius 3 is 2.52 bits per heavy atom. The highest BCUT2D eigenvalue weighted by Crippen LogP contribution is 2.28. The molecule has 23 heavy (non-hydrogen) atoms. The number of carbonyl (C=O) groups is 1. The minimum atomic E-state index is -3.89. The number of aryl methyl sites for hydroxylation is 2. The number of nitrogens with one attached hydrogen (secondary N) is 1. The Kier molecular flexibility index (Phi) is 5.80. The third-order valence-electron chi connectivity index (χ3n) is 4.31. The molecule has 1 atom stereocenters. The lowest BCUT2D eigenvalue weighted by Gasteiger charge is -2.25. The fourth-order valence-electron chi connectivity index (χ4n) is 3.20. The van der Waals surface area contributed by atoms with Crippen molar-refractivity contribution in [2.24, 2.45) is 5.92 Å². The molecule has 0 amide bonds. The number of nitrogens with zero attached hydrogens (tertiary/aromatic N) is 1. The molecular weight excluding hydrogens is 320 g/mol. The van der Waals surface area contributed by atoms with Crippen LogP contribution in [0.5, 0.6) is 0 Å². The van der Waals surface area contributed by atoms with Crippen LogP contribution in [0.15, 0.2) is 9.42 Å². The van der Waals surface area contributed by atoms with E-state index in [0.717, 1.165) is 25.7 Å². The Labute approximate surface area is 136 Å². The van der Waals surface area contributed by atoms with Crippen molar-refractivity contribution in [3.63, 3.8) is 0 Å². The van der Waals surface area contributed by atoms with Crippen molar-refractivity contribution in [1.29, 1.82) is 0 Å². The van der Waals surface area contributed by atoms with Gasteiger partial charge in [-0.3, -0.25) is 4.79 Å². The Bertz CT molecular complexity index is 627. The van der Waals surface area contributed by atoms with E-state index >= 15 is 0 Å². The molecule has 1 saturated carbocycles. The van der Waals surface area contributed by atoms with Crippen LogP contribution < -0.4 is 4.72 Å². The van der Waals surface area contributed by atoms with Crippen molar-refractivity contribution in [1.82, 2.24) is 9.88 Å². The summed E-state index contributed by atoms with van der Waals surface area (Å²) in [5.74, 6) is -0.0255. The van der Waals surface area contributed by atoms with Crippen LogP contribution in [0, 0.1) is 19.8 Å². The van der Waals surface area contributed by atoms with E-state index in [1.165, 1.54) is 20.5 Å². The number of aromatic nitrogens is 1. The van der Waals surface area contributed by atoms with E-state index in [9.17, 15) is 13.2 Å². The van der Waals surface area contributed by atoms with Crippen molar-refractivity contribution >= 4 is 16.0 Å². The third kappa shape index (κ3) is 4.32. The maximum Gasteiger partial charge on any atom is 0.323 e. The predicted molar refractivity (Wildman–Crippen MR) is 83.3 cm³/mol. The highest BCUT2D eigenvalue weighted by Gasteiger charge is 2.32. The van der Waals surface area contributed by atoms with Crippen LogP contribution in [-0.4, -0.2) is 32.7 Å². The molecule has 1 fully saturated rings. The molecule has 0 saturated heterocycles. The van der Waals surface area contributed by atoms with Gasteiger partial charge in [0.1, 0.15) is 16.6 Å². The van der Waals surface area contributed by atoms with Crippen molar-refractivity contribution in [2.45, 2.75) is 63.3 Å². The molecular formula is C15H24N2O5S. The second-order valence-corrected chi connectivity index (χ2v) is 7.74. The van der Waals surface area contributed by atoms with E-state index in [2.05, 4.69) is 9.88 Å². The maximum atomic E-state index is 12.6. The number of methoxy groups -OCH3 is 1. The van der Waals surface area contributed by atoms with E-state index in [0.29, 0.717) is 12.3 Å². The third-order valence-corrected chi connectivity index (χ3v) is 6.03.